The van der Waals surface area contributed by atoms with Crippen molar-refractivity contribution in [1.29, 1.82) is 0 Å². The Kier molecular flexibility index (Phi) is 6.57. The van der Waals surface area contributed by atoms with Crippen LogP contribution in [0.25, 0.3) is 5.69 Å². The molecule has 34 heavy (non-hydrogen) atoms. The first-order valence-corrected chi connectivity index (χ1v) is 13.1. The van der Waals surface area contributed by atoms with Crippen LogP contribution in [0.3, 0.4) is 0 Å². The maximum atomic E-state index is 13.2. The van der Waals surface area contributed by atoms with E-state index in [1.54, 1.807) is 17.6 Å². The van der Waals surface area contributed by atoms with Crippen molar-refractivity contribution in [1.82, 2.24) is 9.88 Å². The van der Waals surface area contributed by atoms with Crippen molar-refractivity contribution in [2.45, 2.75) is 46.1 Å². The number of carbonyl (C=O) groups excluding carboxylic acids is 1. The van der Waals surface area contributed by atoms with E-state index in [4.69, 9.17) is 9.41 Å². The quantitative estimate of drug-likeness (QED) is 0.268. The number of aromatic nitrogens is 1. The number of thiophene rings is 1. The third kappa shape index (κ3) is 4.55. The van der Waals surface area contributed by atoms with Gasteiger partial charge in [-0.1, -0.05) is 15.9 Å². The molecule has 174 valence electrons. The van der Waals surface area contributed by atoms with Gasteiger partial charge >= 0.3 is 0 Å². The van der Waals surface area contributed by atoms with E-state index in [0.29, 0.717) is 6.54 Å². The zero-order chi connectivity index (χ0) is 23.7. The third-order valence-corrected chi connectivity index (χ3v) is 7.99. The van der Waals surface area contributed by atoms with Gasteiger partial charge in [-0.05, 0) is 87.6 Å². The van der Waals surface area contributed by atoms with Gasteiger partial charge in [-0.3, -0.25) is 4.79 Å². The molecule has 0 saturated carbocycles. The molecule has 0 unspecified atom stereocenters. The highest BCUT2D eigenvalue weighted by atomic mass is 79.9. The van der Waals surface area contributed by atoms with Crippen molar-refractivity contribution in [3.8, 4) is 5.69 Å². The molecule has 0 atom stereocenters. The number of rotatable bonds is 6. The molecule has 5 nitrogen and oxygen atoms in total. The second kappa shape index (κ2) is 9.76. The molecule has 1 aliphatic carbocycles. The molecule has 1 aromatic carbocycles. The molecule has 5 rings (SSSR count). The number of aliphatic imine (C=N–C) groups is 1. The maximum Gasteiger partial charge on any atom is 0.255 e. The van der Waals surface area contributed by atoms with Gasteiger partial charge in [0.1, 0.15) is 10.8 Å². The first-order chi connectivity index (χ1) is 16.5. The van der Waals surface area contributed by atoms with Crippen LogP contribution in [0.1, 0.15) is 56.4 Å². The summed E-state index contributed by atoms with van der Waals surface area (Å²) in [5.74, 6) is 0.658. The van der Waals surface area contributed by atoms with Crippen LogP contribution >= 0.6 is 27.3 Å². The SMILES string of the molecule is Cc1cc(C=Nc2sc3c(c2C(=O)NCc2ccco2)CCCC3)c(C)n1-c1ccc(Br)cc1. The van der Waals surface area contributed by atoms with Crippen LogP contribution in [-0.2, 0) is 19.4 Å². The number of hydrogen-bond donors (Lipinski definition) is 1. The first-order valence-electron chi connectivity index (χ1n) is 11.5. The van der Waals surface area contributed by atoms with E-state index in [2.05, 4.69) is 57.9 Å². The summed E-state index contributed by atoms with van der Waals surface area (Å²) < 4.78 is 8.65. The largest absolute Gasteiger partial charge is 0.467 e. The Balaban J connectivity index is 1.46. The van der Waals surface area contributed by atoms with E-state index < -0.39 is 0 Å². The Morgan fingerprint density at radius 3 is 2.76 bits per heavy atom. The van der Waals surface area contributed by atoms with Gasteiger partial charge in [0.15, 0.2) is 0 Å². The second-order valence-electron chi connectivity index (χ2n) is 8.55. The number of carbonyl (C=O) groups is 1. The van der Waals surface area contributed by atoms with E-state index in [1.807, 2.05) is 30.5 Å². The lowest BCUT2D eigenvalue weighted by molar-refractivity contribution is 0.0948. The maximum absolute atomic E-state index is 13.2. The summed E-state index contributed by atoms with van der Waals surface area (Å²) in [6.45, 7) is 4.57. The predicted octanol–water partition coefficient (Wildman–Crippen LogP) is 7.07. The lowest BCUT2D eigenvalue weighted by Crippen LogP contribution is -2.23. The smallest absolute Gasteiger partial charge is 0.255 e. The Morgan fingerprint density at radius 2 is 2.00 bits per heavy atom. The van der Waals surface area contributed by atoms with E-state index in [9.17, 15) is 4.79 Å². The minimum absolute atomic E-state index is 0.0803. The number of benzene rings is 1. The fourth-order valence-electron chi connectivity index (χ4n) is 4.58. The van der Waals surface area contributed by atoms with Crippen molar-refractivity contribution in [3.63, 3.8) is 0 Å². The van der Waals surface area contributed by atoms with E-state index in [1.165, 1.54) is 16.9 Å². The highest BCUT2D eigenvalue weighted by molar-refractivity contribution is 9.10. The van der Waals surface area contributed by atoms with Gasteiger partial charge in [0.05, 0.1) is 18.4 Å². The Morgan fingerprint density at radius 1 is 1.21 bits per heavy atom. The number of aryl methyl sites for hydroxylation is 2. The fraction of sp³-hybridized carbons (Fsp3) is 0.259. The number of fused-ring (bicyclic) bond motifs is 1. The summed E-state index contributed by atoms with van der Waals surface area (Å²) >= 11 is 5.16. The number of amides is 1. The van der Waals surface area contributed by atoms with Crippen LogP contribution in [0.15, 0.2) is 62.6 Å². The molecule has 0 bridgehead atoms. The predicted molar refractivity (Wildman–Crippen MR) is 141 cm³/mol. The molecule has 0 saturated heterocycles. The van der Waals surface area contributed by atoms with Crippen LogP contribution in [-0.4, -0.2) is 16.7 Å². The van der Waals surface area contributed by atoms with Gasteiger partial charge in [0.2, 0.25) is 0 Å². The molecule has 1 N–H and O–H groups in total. The van der Waals surface area contributed by atoms with Crippen molar-refractivity contribution >= 4 is 44.4 Å². The lowest BCUT2D eigenvalue weighted by Gasteiger charge is -2.12. The summed E-state index contributed by atoms with van der Waals surface area (Å²) in [5, 5.41) is 3.81. The topological polar surface area (TPSA) is 59.5 Å². The highest BCUT2D eigenvalue weighted by Crippen LogP contribution is 2.40. The molecule has 1 aliphatic rings. The van der Waals surface area contributed by atoms with Gasteiger partial charge in [0, 0.05) is 38.2 Å². The molecule has 3 aromatic heterocycles. The van der Waals surface area contributed by atoms with Gasteiger partial charge in [0.25, 0.3) is 5.91 Å². The third-order valence-electron chi connectivity index (χ3n) is 6.26. The Bertz CT molecular complexity index is 1350. The second-order valence-corrected chi connectivity index (χ2v) is 10.5. The molecular weight excluding hydrogens is 510 g/mol. The zero-order valence-electron chi connectivity index (χ0n) is 19.2. The molecule has 0 radical (unpaired) electrons. The van der Waals surface area contributed by atoms with Crippen molar-refractivity contribution in [2.75, 3.05) is 0 Å². The summed E-state index contributed by atoms with van der Waals surface area (Å²) in [6.07, 6.45) is 7.75. The standard InChI is InChI=1S/C27H26BrN3O2S/c1-17-14-19(18(2)31(17)21-11-9-20(28)10-12-21)15-30-27-25(23-7-3-4-8-24(23)34-27)26(32)29-16-22-6-5-13-33-22/h5-6,9-15H,3-4,7-8,16H2,1-2H3,(H,29,32). The fourth-order valence-corrected chi connectivity index (χ4v) is 6.07. The zero-order valence-corrected chi connectivity index (χ0v) is 21.6. The molecule has 0 aliphatic heterocycles. The van der Waals surface area contributed by atoms with Crippen molar-refractivity contribution in [2.24, 2.45) is 4.99 Å². The monoisotopic (exact) mass is 535 g/mol. The van der Waals surface area contributed by atoms with Gasteiger partial charge < -0.3 is 14.3 Å². The van der Waals surface area contributed by atoms with Gasteiger partial charge in [-0.25, -0.2) is 4.99 Å². The van der Waals surface area contributed by atoms with Gasteiger partial charge in [-0.2, -0.15) is 0 Å². The summed E-state index contributed by atoms with van der Waals surface area (Å²) in [5.41, 5.74) is 6.32. The summed E-state index contributed by atoms with van der Waals surface area (Å²) in [4.78, 5) is 19.4. The first kappa shape index (κ1) is 22.9. The van der Waals surface area contributed by atoms with Crippen LogP contribution in [0.5, 0.6) is 0 Å². The number of nitrogens with one attached hydrogen (secondary N) is 1. The Labute approximate surface area is 211 Å². The average Bonchev–Trinajstić information content (AvgIpc) is 3.55. The minimum atomic E-state index is -0.0803. The van der Waals surface area contributed by atoms with E-state index in [0.717, 1.165) is 62.7 Å². The molecule has 1 amide bonds. The van der Waals surface area contributed by atoms with E-state index >= 15 is 0 Å². The van der Waals surface area contributed by atoms with Crippen LogP contribution in [0, 0.1) is 13.8 Å². The van der Waals surface area contributed by atoms with Gasteiger partial charge in [-0.15, -0.1) is 11.3 Å². The molecule has 0 fully saturated rings. The highest BCUT2D eigenvalue weighted by Gasteiger charge is 2.25. The molecular formula is C27H26BrN3O2S. The number of nitrogens with zero attached hydrogens (tertiary/aromatic N) is 2. The molecule has 3 heterocycles. The van der Waals surface area contributed by atoms with Crippen molar-refractivity contribution < 1.29 is 9.21 Å². The summed E-state index contributed by atoms with van der Waals surface area (Å²) in [6, 6.07) is 14.1. The molecule has 4 aromatic rings. The molecule has 7 heteroatoms. The molecule has 0 spiro atoms. The van der Waals surface area contributed by atoms with E-state index in [-0.39, 0.29) is 5.91 Å². The minimum Gasteiger partial charge on any atom is -0.467 e. The van der Waals surface area contributed by atoms with Crippen molar-refractivity contribution in [3.05, 3.63) is 91.9 Å². The number of halogens is 1. The van der Waals surface area contributed by atoms with Crippen LogP contribution < -0.4 is 5.32 Å². The number of hydrogen-bond acceptors (Lipinski definition) is 4. The lowest BCUT2D eigenvalue weighted by atomic mass is 9.95. The summed E-state index contributed by atoms with van der Waals surface area (Å²) in [7, 11) is 0. The normalized spacial score (nSPS) is 13.4. The average molecular weight is 536 g/mol. The van der Waals surface area contributed by atoms with Crippen LogP contribution in [0.2, 0.25) is 0 Å². The van der Waals surface area contributed by atoms with Crippen LogP contribution in [0.4, 0.5) is 5.00 Å². The Hall–Kier alpha value is -2.90. The number of furan rings is 1.